The zero-order valence-electron chi connectivity index (χ0n) is 38.3. The average molecular weight is 797 g/mol. The number of aliphatic imine (C=N–C) groups is 2. The predicted octanol–water partition coefficient (Wildman–Crippen LogP) is 14.9. The van der Waals surface area contributed by atoms with Crippen molar-refractivity contribution in [2.24, 2.45) is 9.98 Å². The van der Waals surface area contributed by atoms with Crippen LogP contribution in [0.5, 0.6) is 11.5 Å². The number of hydrogen-bond donors (Lipinski definition) is 2. The Morgan fingerprint density at radius 3 is 1.03 bits per heavy atom. The van der Waals surface area contributed by atoms with Gasteiger partial charge in [0.1, 0.15) is 11.5 Å². The van der Waals surface area contributed by atoms with Crippen LogP contribution in [-0.4, -0.2) is 21.6 Å². The molecule has 0 aromatic heterocycles. The molecule has 4 heteroatoms. The lowest BCUT2D eigenvalue weighted by Gasteiger charge is -2.28. The third kappa shape index (κ3) is 9.49. The number of benzene rings is 6. The molecule has 6 aromatic rings. The fourth-order valence-corrected chi connectivity index (χ4v) is 7.56. The monoisotopic (exact) mass is 796 g/mol. The molecular weight excluding hydrogens is 733 g/mol. The standard InChI is InChI=1S/C56H64N2O2/c1-35-25-27-41(47(29-35)57-49(37-21-17-15-18-22-37)43-31-39(53(3,4)5)33-45(51(43)59)55(9,10)11)42-28-26-36(2)30-48(42)58-50(38-23-19-16-20-24-38)44-32-40(54(6,7)8)34-46(52(44)60)56(12,13)14/h15-34,59-60H,1-14H3. The quantitative estimate of drug-likeness (QED) is 0.158. The zero-order chi connectivity index (χ0) is 43.9. The largest absolute Gasteiger partial charge is 0.507 e. The van der Waals surface area contributed by atoms with Gasteiger partial charge in [-0.05, 0) is 82.0 Å². The Morgan fingerprint density at radius 2 is 0.733 bits per heavy atom. The van der Waals surface area contributed by atoms with E-state index in [4.69, 9.17) is 9.98 Å². The maximum Gasteiger partial charge on any atom is 0.128 e. The van der Waals surface area contributed by atoms with Gasteiger partial charge in [0.2, 0.25) is 0 Å². The van der Waals surface area contributed by atoms with Crippen LogP contribution in [0.4, 0.5) is 11.4 Å². The number of rotatable bonds is 7. The highest BCUT2D eigenvalue weighted by Gasteiger charge is 2.29. The van der Waals surface area contributed by atoms with Gasteiger partial charge in [0.15, 0.2) is 0 Å². The highest BCUT2D eigenvalue weighted by molar-refractivity contribution is 6.17. The summed E-state index contributed by atoms with van der Waals surface area (Å²) in [6.45, 7) is 30.3. The molecule has 2 N–H and O–H groups in total. The first-order valence-corrected chi connectivity index (χ1v) is 21.2. The molecular formula is C56H64N2O2. The van der Waals surface area contributed by atoms with E-state index >= 15 is 0 Å². The lowest BCUT2D eigenvalue weighted by molar-refractivity contribution is 0.443. The van der Waals surface area contributed by atoms with Gasteiger partial charge in [0, 0.05) is 44.5 Å². The fourth-order valence-electron chi connectivity index (χ4n) is 7.56. The van der Waals surface area contributed by atoms with Crippen LogP contribution in [0, 0.1) is 13.8 Å². The molecule has 0 radical (unpaired) electrons. The van der Waals surface area contributed by atoms with E-state index in [2.05, 4.69) is 182 Å². The number of hydrogen-bond acceptors (Lipinski definition) is 4. The summed E-state index contributed by atoms with van der Waals surface area (Å²) in [5.41, 5.74) is 13.1. The Labute approximate surface area is 359 Å². The van der Waals surface area contributed by atoms with E-state index in [0.29, 0.717) is 22.6 Å². The second-order valence-electron chi connectivity index (χ2n) is 20.5. The van der Waals surface area contributed by atoms with Crippen molar-refractivity contribution in [3.05, 3.63) is 177 Å². The number of aromatic hydroxyl groups is 2. The second kappa shape index (κ2) is 16.4. The van der Waals surface area contributed by atoms with Gasteiger partial charge in [0.05, 0.1) is 22.8 Å². The Bertz CT molecular complexity index is 2400. The van der Waals surface area contributed by atoms with Crippen LogP contribution in [-0.2, 0) is 21.7 Å². The third-order valence-corrected chi connectivity index (χ3v) is 11.2. The number of nitrogens with zero attached hydrogens (tertiary/aromatic N) is 2. The fraction of sp³-hybridized carbons (Fsp3) is 0.321. The van der Waals surface area contributed by atoms with Crippen LogP contribution in [0.15, 0.2) is 131 Å². The molecule has 0 aliphatic rings. The first kappa shape index (κ1) is 43.8. The van der Waals surface area contributed by atoms with Crippen LogP contribution in [0.3, 0.4) is 0 Å². The SMILES string of the molecule is Cc1ccc(-c2ccc(C)cc2N=C(c2ccccc2)c2cc(C(C)(C)C)cc(C(C)(C)C)c2O)c(N=C(c2ccccc2)c2cc(C(C)(C)C)cc(C(C)(C)C)c2O)c1. The predicted molar refractivity (Wildman–Crippen MR) is 256 cm³/mol. The van der Waals surface area contributed by atoms with Gasteiger partial charge in [-0.1, -0.05) is 180 Å². The molecule has 0 aliphatic heterocycles. The molecule has 0 atom stereocenters. The molecule has 0 amide bonds. The highest BCUT2D eigenvalue weighted by Crippen LogP contribution is 2.44. The lowest BCUT2D eigenvalue weighted by atomic mass is 9.78. The van der Waals surface area contributed by atoms with Crippen LogP contribution in [0.25, 0.3) is 11.1 Å². The Hall–Kier alpha value is -5.74. The van der Waals surface area contributed by atoms with E-state index in [1.807, 2.05) is 36.4 Å². The summed E-state index contributed by atoms with van der Waals surface area (Å²) < 4.78 is 0. The summed E-state index contributed by atoms with van der Waals surface area (Å²) >= 11 is 0. The van der Waals surface area contributed by atoms with E-state index in [1.54, 1.807) is 0 Å². The molecule has 60 heavy (non-hydrogen) atoms. The molecule has 0 fully saturated rings. The first-order chi connectivity index (χ1) is 27.9. The number of aryl methyl sites for hydroxylation is 2. The molecule has 0 unspecified atom stereocenters. The Balaban J connectivity index is 1.69. The summed E-state index contributed by atoms with van der Waals surface area (Å²) in [6.07, 6.45) is 0. The van der Waals surface area contributed by atoms with E-state index < -0.39 is 0 Å². The zero-order valence-corrected chi connectivity index (χ0v) is 38.3. The smallest absolute Gasteiger partial charge is 0.128 e. The topological polar surface area (TPSA) is 65.2 Å². The minimum absolute atomic E-state index is 0.168. The molecule has 0 aliphatic carbocycles. The van der Waals surface area contributed by atoms with Crippen LogP contribution in [0.2, 0.25) is 0 Å². The van der Waals surface area contributed by atoms with E-state index in [-0.39, 0.29) is 33.2 Å². The van der Waals surface area contributed by atoms with Gasteiger partial charge < -0.3 is 10.2 Å². The van der Waals surface area contributed by atoms with Crippen molar-refractivity contribution < 1.29 is 10.2 Å². The molecule has 0 bridgehead atoms. The highest BCUT2D eigenvalue weighted by atomic mass is 16.3. The molecule has 0 heterocycles. The van der Waals surface area contributed by atoms with Crippen molar-refractivity contribution in [2.75, 3.05) is 0 Å². The molecule has 0 saturated heterocycles. The van der Waals surface area contributed by atoms with Crippen molar-refractivity contribution in [3.8, 4) is 22.6 Å². The summed E-state index contributed by atoms with van der Waals surface area (Å²) in [5, 5.41) is 24.4. The van der Waals surface area contributed by atoms with Crippen LogP contribution in [0.1, 0.15) is 139 Å². The van der Waals surface area contributed by atoms with Crippen molar-refractivity contribution in [3.63, 3.8) is 0 Å². The van der Waals surface area contributed by atoms with Crippen molar-refractivity contribution in [1.29, 1.82) is 0 Å². The summed E-state index contributed by atoms with van der Waals surface area (Å²) in [5.74, 6) is 0.486. The van der Waals surface area contributed by atoms with E-state index in [9.17, 15) is 10.2 Å². The van der Waals surface area contributed by atoms with Gasteiger partial charge >= 0.3 is 0 Å². The maximum absolute atomic E-state index is 12.2. The van der Waals surface area contributed by atoms with Crippen molar-refractivity contribution in [2.45, 2.75) is 119 Å². The van der Waals surface area contributed by atoms with E-state index in [0.717, 1.165) is 67.0 Å². The Kier molecular flexibility index (Phi) is 12.0. The van der Waals surface area contributed by atoms with Crippen molar-refractivity contribution >= 4 is 22.8 Å². The lowest BCUT2D eigenvalue weighted by Crippen LogP contribution is -2.19. The third-order valence-electron chi connectivity index (χ3n) is 11.2. The maximum atomic E-state index is 12.2. The van der Waals surface area contributed by atoms with Gasteiger partial charge in [0.25, 0.3) is 0 Å². The van der Waals surface area contributed by atoms with Gasteiger partial charge in [-0.3, -0.25) is 0 Å². The van der Waals surface area contributed by atoms with Crippen LogP contribution < -0.4 is 0 Å². The minimum atomic E-state index is -0.309. The summed E-state index contributed by atoms with van der Waals surface area (Å²) in [7, 11) is 0. The Morgan fingerprint density at radius 1 is 0.400 bits per heavy atom. The van der Waals surface area contributed by atoms with Gasteiger partial charge in [-0.25, -0.2) is 9.98 Å². The molecule has 6 rings (SSSR count). The van der Waals surface area contributed by atoms with Gasteiger partial charge in [-0.15, -0.1) is 0 Å². The molecule has 4 nitrogen and oxygen atoms in total. The average Bonchev–Trinajstić information content (AvgIpc) is 3.15. The molecule has 6 aromatic carbocycles. The molecule has 0 spiro atoms. The molecule has 310 valence electrons. The first-order valence-electron chi connectivity index (χ1n) is 21.2. The second-order valence-corrected chi connectivity index (χ2v) is 20.5. The van der Waals surface area contributed by atoms with Crippen molar-refractivity contribution in [1.82, 2.24) is 0 Å². The van der Waals surface area contributed by atoms with Crippen LogP contribution >= 0.6 is 0 Å². The summed E-state index contributed by atoms with van der Waals surface area (Å²) in [4.78, 5) is 11.1. The number of phenols is 2. The number of phenolic OH excluding ortho intramolecular Hbond substituents is 2. The van der Waals surface area contributed by atoms with E-state index in [1.165, 1.54) is 0 Å². The minimum Gasteiger partial charge on any atom is -0.507 e. The normalized spacial score (nSPS) is 13.2. The summed E-state index contributed by atoms with van der Waals surface area (Å²) in [6, 6.07) is 41.6. The van der Waals surface area contributed by atoms with Gasteiger partial charge in [-0.2, -0.15) is 0 Å². The molecule has 0 saturated carbocycles.